The molecule has 1 saturated carbocycles. The molecule has 0 aliphatic heterocycles. The van der Waals surface area contributed by atoms with E-state index in [0.717, 1.165) is 12.8 Å². The van der Waals surface area contributed by atoms with Gasteiger partial charge in [0, 0.05) is 13.2 Å². The van der Waals surface area contributed by atoms with Crippen molar-refractivity contribution in [2.45, 2.75) is 18.9 Å². The van der Waals surface area contributed by atoms with E-state index in [1.165, 1.54) is 7.11 Å². The number of benzene rings is 1. The van der Waals surface area contributed by atoms with E-state index in [0.29, 0.717) is 30.3 Å². The third kappa shape index (κ3) is 5.01. The van der Waals surface area contributed by atoms with E-state index in [1.54, 1.807) is 31.4 Å². The van der Waals surface area contributed by atoms with Gasteiger partial charge in [-0.1, -0.05) is 6.07 Å². The number of nitrogens with zero attached hydrogens (tertiary/aromatic N) is 1. The molecule has 6 nitrogen and oxygen atoms in total. The lowest BCUT2D eigenvalue weighted by atomic mass is 10.1. The van der Waals surface area contributed by atoms with Gasteiger partial charge in [0.1, 0.15) is 18.2 Å². The van der Waals surface area contributed by atoms with E-state index < -0.39 is 0 Å². The van der Waals surface area contributed by atoms with Crippen molar-refractivity contribution in [3.8, 4) is 17.6 Å². The molecule has 1 N–H and O–H groups in total. The Morgan fingerprint density at radius 2 is 2.13 bits per heavy atom. The van der Waals surface area contributed by atoms with Crippen LogP contribution in [0, 0.1) is 11.3 Å². The third-order valence-electron chi connectivity index (χ3n) is 3.32. The monoisotopic (exact) mass is 316 g/mol. The van der Waals surface area contributed by atoms with Crippen LogP contribution in [0.4, 0.5) is 0 Å². The van der Waals surface area contributed by atoms with Crippen molar-refractivity contribution in [3.05, 3.63) is 29.3 Å². The molecular formula is C17H20N2O4. The Labute approximate surface area is 135 Å². The zero-order valence-corrected chi connectivity index (χ0v) is 13.3. The SMILES string of the molecule is COCCOc1ccc(/C=C(\C#N)C(=O)NC2CC2)cc1OC. The van der Waals surface area contributed by atoms with Gasteiger partial charge in [-0.15, -0.1) is 0 Å². The first kappa shape index (κ1) is 16.8. The second kappa shape index (κ2) is 8.20. The fourth-order valence-corrected chi connectivity index (χ4v) is 1.93. The Balaban J connectivity index is 2.13. The van der Waals surface area contributed by atoms with E-state index in [1.807, 2.05) is 6.07 Å². The largest absolute Gasteiger partial charge is 0.493 e. The summed E-state index contributed by atoms with van der Waals surface area (Å²) in [6.45, 7) is 0.889. The van der Waals surface area contributed by atoms with Crippen LogP contribution in [0.3, 0.4) is 0 Å². The molecule has 0 atom stereocenters. The van der Waals surface area contributed by atoms with E-state index in [4.69, 9.17) is 19.5 Å². The van der Waals surface area contributed by atoms with Crippen LogP contribution >= 0.6 is 0 Å². The lowest BCUT2D eigenvalue weighted by molar-refractivity contribution is -0.117. The number of carbonyl (C=O) groups excluding carboxylic acids is 1. The summed E-state index contributed by atoms with van der Waals surface area (Å²) in [6, 6.07) is 7.39. The molecule has 0 saturated heterocycles. The predicted octanol–water partition coefficient (Wildman–Crippen LogP) is 1.91. The molecule has 0 bridgehead atoms. The Kier molecular flexibility index (Phi) is 6.01. The molecule has 6 heteroatoms. The van der Waals surface area contributed by atoms with Crippen LogP contribution in [0.2, 0.25) is 0 Å². The van der Waals surface area contributed by atoms with Crippen LogP contribution in [-0.2, 0) is 9.53 Å². The first-order chi connectivity index (χ1) is 11.2. The van der Waals surface area contributed by atoms with E-state index in [-0.39, 0.29) is 17.5 Å². The van der Waals surface area contributed by atoms with Gasteiger partial charge in [-0.3, -0.25) is 4.79 Å². The molecule has 0 heterocycles. The average Bonchev–Trinajstić information content (AvgIpc) is 3.37. The number of hydrogen-bond acceptors (Lipinski definition) is 5. The van der Waals surface area contributed by atoms with Crippen LogP contribution < -0.4 is 14.8 Å². The summed E-state index contributed by atoms with van der Waals surface area (Å²) in [5, 5.41) is 12.0. The maximum Gasteiger partial charge on any atom is 0.262 e. The van der Waals surface area contributed by atoms with E-state index >= 15 is 0 Å². The minimum absolute atomic E-state index is 0.0759. The molecule has 0 aromatic heterocycles. The summed E-state index contributed by atoms with van der Waals surface area (Å²) in [7, 11) is 3.14. The number of rotatable bonds is 8. The molecule has 2 rings (SSSR count). The molecule has 1 aromatic carbocycles. The van der Waals surface area contributed by atoms with Crippen LogP contribution in [0.15, 0.2) is 23.8 Å². The van der Waals surface area contributed by atoms with Crippen LogP contribution in [0.1, 0.15) is 18.4 Å². The van der Waals surface area contributed by atoms with Gasteiger partial charge in [0.2, 0.25) is 0 Å². The number of nitriles is 1. The number of hydrogen-bond donors (Lipinski definition) is 1. The van der Waals surface area contributed by atoms with Crippen molar-refractivity contribution >= 4 is 12.0 Å². The molecule has 122 valence electrons. The third-order valence-corrected chi connectivity index (χ3v) is 3.32. The van der Waals surface area contributed by atoms with Crippen molar-refractivity contribution in [2.24, 2.45) is 0 Å². The summed E-state index contributed by atoms with van der Waals surface area (Å²) >= 11 is 0. The lowest BCUT2D eigenvalue weighted by Crippen LogP contribution is -2.26. The smallest absolute Gasteiger partial charge is 0.262 e. The van der Waals surface area contributed by atoms with Crippen molar-refractivity contribution in [1.82, 2.24) is 5.32 Å². The van der Waals surface area contributed by atoms with Gasteiger partial charge < -0.3 is 19.5 Å². The lowest BCUT2D eigenvalue weighted by Gasteiger charge is -2.11. The molecule has 1 aromatic rings. The number of ether oxygens (including phenoxy) is 3. The zero-order valence-electron chi connectivity index (χ0n) is 13.3. The van der Waals surface area contributed by atoms with Crippen LogP contribution in [-0.4, -0.2) is 39.4 Å². The topological polar surface area (TPSA) is 80.6 Å². The average molecular weight is 316 g/mol. The molecule has 0 unspecified atom stereocenters. The minimum atomic E-state index is -0.339. The van der Waals surface area contributed by atoms with Crippen molar-refractivity contribution < 1.29 is 19.0 Å². The molecule has 1 fully saturated rings. The first-order valence-corrected chi connectivity index (χ1v) is 7.40. The van der Waals surface area contributed by atoms with Gasteiger partial charge in [0.25, 0.3) is 5.91 Å². The fraction of sp³-hybridized carbons (Fsp3) is 0.412. The molecule has 0 spiro atoms. The number of amides is 1. The quantitative estimate of drug-likeness (QED) is 0.450. The highest BCUT2D eigenvalue weighted by atomic mass is 16.5. The number of methoxy groups -OCH3 is 2. The Bertz CT molecular complexity index is 630. The fourth-order valence-electron chi connectivity index (χ4n) is 1.93. The summed E-state index contributed by atoms with van der Waals surface area (Å²) in [4.78, 5) is 12.0. The molecule has 1 aliphatic carbocycles. The Morgan fingerprint density at radius 3 is 2.74 bits per heavy atom. The van der Waals surface area contributed by atoms with E-state index in [2.05, 4.69) is 5.32 Å². The molecule has 1 aliphatic rings. The van der Waals surface area contributed by atoms with Crippen molar-refractivity contribution in [3.63, 3.8) is 0 Å². The highest BCUT2D eigenvalue weighted by Crippen LogP contribution is 2.29. The maximum atomic E-state index is 12.0. The number of nitrogens with one attached hydrogen (secondary N) is 1. The van der Waals surface area contributed by atoms with Crippen LogP contribution in [0.25, 0.3) is 6.08 Å². The van der Waals surface area contributed by atoms with Gasteiger partial charge in [-0.25, -0.2) is 0 Å². The molecule has 23 heavy (non-hydrogen) atoms. The van der Waals surface area contributed by atoms with Crippen molar-refractivity contribution in [2.75, 3.05) is 27.4 Å². The zero-order chi connectivity index (χ0) is 16.7. The Hall–Kier alpha value is -2.52. The van der Waals surface area contributed by atoms with Gasteiger partial charge in [0.05, 0.1) is 13.7 Å². The van der Waals surface area contributed by atoms with Crippen LogP contribution in [0.5, 0.6) is 11.5 Å². The molecular weight excluding hydrogens is 296 g/mol. The minimum Gasteiger partial charge on any atom is -0.493 e. The standard InChI is InChI=1S/C17H20N2O4/c1-21-7-8-23-15-6-3-12(10-16(15)22-2)9-13(11-18)17(20)19-14-4-5-14/h3,6,9-10,14H,4-5,7-8H2,1-2H3,(H,19,20)/b13-9+. The summed E-state index contributed by atoms with van der Waals surface area (Å²) in [5.41, 5.74) is 0.774. The molecule has 1 amide bonds. The van der Waals surface area contributed by atoms with Crippen molar-refractivity contribution in [1.29, 1.82) is 5.26 Å². The summed E-state index contributed by atoms with van der Waals surface area (Å²) in [5.74, 6) is 0.784. The van der Waals surface area contributed by atoms with Gasteiger partial charge in [0.15, 0.2) is 11.5 Å². The summed E-state index contributed by atoms with van der Waals surface area (Å²) in [6.07, 6.45) is 3.50. The second-order valence-electron chi connectivity index (χ2n) is 5.17. The predicted molar refractivity (Wildman–Crippen MR) is 85.1 cm³/mol. The van der Waals surface area contributed by atoms with Gasteiger partial charge in [-0.2, -0.15) is 5.26 Å². The summed E-state index contributed by atoms with van der Waals surface area (Å²) < 4.78 is 15.8. The maximum absolute atomic E-state index is 12.0. The Morgan fingerprint density at radius 1 is 1.35 bits per heavy atom. The second-order valence-corrected chi connectivity index (χ2v) is 5.17. The van der Waals surface area contributed by atoms with Gasteiger partial charge >= 0.3 is 0 Å². The highest BCUT2D eigenvalue weighted by Gasteiger charge is 2.24. The molecule has 0 radical (unpaired) electrons. The first-order valence-electron chi connectivity index (χ1n) is 7.40. The number of carbonyl (C=O) groups is 1. The van der Waals surface area contributed by atoms with E-state index in [9.17, 15) is 4.79 Å². The highest BCUT2D eigenvalue weighted by molar-refractivity contribution is 6.02. The van der Waals surface area contributed by atoms with Gasteiger partial charge in [-0.05, 0) is 36.6 Å². The normalized spacial score (nSPS) is 14.0.